The number of thiophene rings is 1. The van der Waals surface area contributed by atoms with Gasteiger partial charge >= 0.3 is 0 Å². The lowest BCUT2D eigenvalue weighted by atomic mass is 10.2. The number of nitrogen functional groups attached to an aromatic ring is 1. The van der Waals surface area contributed by atoms with Crippen LogP contribution in [0, 0.1) is 0 Å². The minimum atomic E-state index is 0.520. The third kappa shape index (κ3) is 1.52. The molecule has 0 atom stereocenters. The number of nitrogens with one attached hydrogen (secondary N) is 1. The van der Waals surface area contributed by atoms with Crippen molar-refractivity contribution in [1.29, 1.82) is 0 Å². The second kappa shape index (κ2) is 3.61. The number of nitrogens with zero attached hydrogens (tertiary/aromatic N) is 1. The summed E-state index contributed by atoms with van der Waals surface area (Å²) in [6.07, 6.45) is 0. The molecule has 3 aromatic rings. The van der Waals surface area contributed by atoms with Gasteiger partial charge in [-0.1, -0.05) is 22.0 Å². The second-order valence-electron chi connectivity index (χ2n) is 3.47. The predicted octanol–water partition coefficient (Wildman–Crippen LogP) is 3.64. The van der Waals surface area contributed by atoms with Crippen LogP contribution in [0.1, 0.15) is 0 Å². The quantitative estimate of drug-likeness (QED) is 0.720. The Morgan fingerprint density at radius 3 is 2.88 bits per heavy atom. The summed E-state index contributed by atoms with van der Waals surface area (Å²) in [7, 11) is 0. The van der Waals surface area contributed by atoms with Crippen molar-refractivity contribution in [3.63, 3.8) is 0 Å². The summed E-state index contributed by atoms with van der Waals surface area (Å²) in [5, 5.41) is 8.07. The number of H-pyrrole nitrogens is 1. The summed E-state index contributed by atoms with van der Waals surface area (Å²) in [6.45, 7) is 0. The number of halogens is 1. The first-order chi connectivity index (χ1) is 7.74. The average Bonchev–Trinajstić information content (AvgIpc) is 2.84. The summed E-state index contributed by atoms with van der Waals surface area (Å²) in [5.74, 6) is 0.520. The summed E-state index contributed by atoms with van der Waals surface area (Å²) in [6, 6.07) is 10.2. The summed E-state index contributed by atoms with van der Waals surface area (Å²) >= 11 is 5.27. The molecule has 1 aromatic carbocycles. The van der Waals surface area contributed by atoms with Crippen LogP contribution in [0.3, 0.4) is 0 Å². The molecule has 0 spiro atoms. The Labute approximate surface area is 104 Å². The molecule has 5 heteroatoms. The molecule has 0 amide bonds. The first kappa shape index (κ1) is 9.86. The number of aromatic amines is 1. The maximum Gasteiger partial charge on any atom is 0.145 e. The van der Waals surface area contributed by atoms with Gasteiger partial charge in [-0.05, 0) is 18.2 Å². The molecule has 2 heterocycles. The van der Waals surface area contributed by atoms with Gasteiger partial charge in [-0.3, -0.25) is 5.10 Å². The number of hydrogen-bond donors (Lipinski definition) is 2. The van der Waals surface area contributed by atoms with E-state index in [2.05, 4.69) is 38.3 Å². The van der Waals surface area contributed by atoms with E-state index in [0.717, 1.165) is 15.0 Å². The highest BCUT2D eigenvalue weighted by molar-refractivity contribution is 9.10. The van der Waals surface area contributed by atoms with E-state index in [1.54, 1.807) is 11.3 Å². The van der Waals surface area contributed by atoms with Crippen molar-refractivity contribution in [2.45, 2.75) is 0 Å². The lowest BCUT2D eigenvalue weighted by molar-refractivity contribution is 1.11. The average molecular weight is 294 g/mol. The van der Waals surface area contributed by atoms with Crippen LogP contribution in [-0.2, 0) is 0 Å². The molecular formula is C11H8BrN3S. The Morgan fingerprint density at radius 1 is 1.31 bits per heavy atom. The van der Waals surface area contributed by atoms with Gasteiger partial charge in [0.1, 0.15) is 5.82 Å². The maximum atomic E-state index is 5.59. The molecule has 80 valence electrons. The van der Waals surface area contributed by atoms with E-state index in [4.69, 9.17) is 5.73 Å². The number of aromatic nitrogens is 2. The summed E-state index contributed by atoms with van der Waals surface area (Å²) in [5.41, 5.74) is 6.56. The van der Waals surface area contributed by atoms with Gasteiger partial charge in [-0.25, -0.2) is 0 Å². The van der Waals surface area contributed by atoms with Gasteiger partial charge in [-0.15, -0.1) is 11.3 Å². The van der Waals surface area contributed by atoms with Crippen LogP contribution in [0.5, 0.6) is 0 Å². The molecule has 2 aromatic heterocycles. The smallest absolute Gasteiger partial charge is 0.145 e. The highest BCUT2D eigenvalue weighted by Gasteiger charge is 2.08. The standard InChI is InChI=1S/C11H8BrN3S/c12-7-2-1-3-9-6(7)4-10(16-9)8-5-11(13)15-14-8/h1-5H,(H3,13,14,15). The molecule has 0 radical (unpaired) electrons. The number of fused-ring (bicyclic) bond motifs is 1. The number of rotatable bonds is 1. The maximum absolute atomic E-state index is 5.59. The van der Waals surface area contributed by atoms with Crippen LogP contribution < -0.4 is 5.73 Å². The lowest BCUT2D eigenvalue weighted by Crippen LogP contribution is -1.81. The van der Waals surface area contributed by atoms with E-state index in [-0.39, 0.29) is 0 Å². The van der Waals surface area contributed by atoms with Gasteiger partial charge in [0.25, 0.3) is 0 Å². The molecule has 3 nitrogen and oxygen atoms in total. The molecule has 0 bridgehead atoms. The number of anilines is 1. The highest BCUT2D eigenvalue weighted by Crippen LogP contribution is 2.36. The molecule has 0 fully saturated rings. The van der Waals surface area contributed by atoms with Crippen LogP contribution in [0.15, 0.2) is 34.8 Å². The molecule has 0 saturated carbocycles. The molecule has 0 unspecified atom stereocenters. The Hall–Kier alpha value is -1.33. The van der Waals surface area contributed by atoms with Crippen LogP contribution in [0.2, 0.25) is 0 Å². The number of hydrogen-bond acceptors (Lipinski definition) is 3. The molecule has 0 aliphatic carbocycles. The van der Waals surface area contributed by atoms with Gasteiger partial charge < -0.3 is 5.73 Å². The topological polar surface area (TPSA) is 54.7 Å². The number of nitrogens with two attached hydrogens (primary N) is 1. The van der Waals surface area contributed by atoms with E-state index >= 15 is 0 Å². The van der Waals surface area contributed by atoms with Gasteiger partial charge in [0, 0.05) is 20.6 Å². The van der Waals surface area contributed by atoms with Crippen molar-refractivity contribution in [2.75, 3.05) is 5.73 Å². The molecule has 0 aliphatic rings. The largest absolute Gasteiger partial charge is 0.382 e. The molecule has 3 N–H and O–H groups in total. The zero-order valence-electron chi connectivity index (χ0n) is 8.20. The van der Waals surface area contributed by atoms with Crippen LogP contribution >= 0.6 is 27.3 Å². The zero-order valence-corrected chi connectivity index (χ0v) is 10.6. The Morgan fingerprint density at radius 2 is 2.19 bits per heavy atom. The monoisotopic (exact) mass is 293 g/mol. The fourth-order valence-electron chi connectivity index (χ4n) is 1.62. The van der Waals surface area contributed by atoms with Crippen molar-refractivity contribution in [3.05, 3.63) is 34.8 Å². The van der Waals surface area contributed by atoms with E-state index in [1.165, 1.54) is 10.1 Å². The molecular weight excluding hydrogens is 286 g/mol. The van der Waals surface area contributed by atoms with Crippen molar-refractivity contribution in [1.82, 2.24) is 10.2 Å². The Kier molecular flexibility index (Phi) is 2.22. The van der Waals surface area contributed by atoms with Crippen LogP contribution in [0.4, 0.5) is 5.82 Å². The minimum absolute atomic E-state index is 0.520. The number of benzene rings is 1. The van der Waals surface area contributed by atoms with Gasteiger partial charge in [0.15, 0.2) is 0 Å². The SMILES string of the molecule is Nc1cc(-c2cc3c(Br)cccc3s2)[nH]n1. The van der Waals surface area contributed by atoms with Crippen molar-refractivity contribution in [3.8, 4) is 10.6 Å². The van der Waals surface area contributed by atoms with Crippen molar-refractivity contribution in [2.24, 2.45) is 0 Å². The molecule has 0 aliphatic heterocycles. The second-order valence-corrected chi connectivity index (χ2v) is 5.41. The van der Waals surface area contributed by atoms with Crippen molar-refractivity contribution < 1.29 is 0 Å². The first-order valence-electron chi connectivity index (χ1n) is 4.73. The first-order valence-corrected chi connectivity index (χ1v) is 6.34. The van der Waals surface area contributed by atoms with E-state index in [0.29, 0.717) is 5.82 Å². The van der Waals surface area contributed by atoms with E-state index in [9.17, 15) is 0 Å². The van der Waals surface area contributed by atoms with Gasteiger partial charge in [0.2, 0.25) is 0 Å². The fourth-order valence-corrected chi connectivity index (χ4v) is 3.29. The minimum Gasteiger partial charge on any atom is -0.382 e. The lowest BCUT2D eigenvalue weighted by Gasteiger charge is -1.89. The van der Waals surface area contributed by atoms with Crippen LogP contribution in [-0.4, -0.2) is 10.2 Å². The molecule has 0 saturated heterocycles. The third-order valence-corrected chi connectivity index (χ3v) is 4.20. The van der Waals surface area contributed by atoms with E-state index < -0.39 is 0 Å². The van der Waals surface area contributed by atoms with Gasteiger partial charge in [0.05, 0.1) is 10.6 Å². The van der Waals surface area contributed by atoms with E-state index in [1.807, 2.05) is 18.2 Å². The Bertz CT molecular complexity index is 656. The normalized spacial score (nSPS) is 11.1. The molecule has 3 rings (SSSR count). The fraction of sp³-hybridized carbons (Fsp3) is 0. The third-order valence-electron chi connectivity index (χ3n) is 2.37. The van der Waals surface area contributed by atoms with Gasteiger partial charge in [-0.2, -0.15) is 5.10 Å². The molecule has 16 heavy (non-hydrogen) atoms. The van der Waals surface area contributed by atoms with Crippen LogP contribution in [0.25, 0.3) is 20.7 Å². The van der Waals surface area contributed by atoms with Crippen molar-refractivity contribution >= 4 is 43.2 Å². The summed E-state index contributed by atoms with van der Waals surface area (Å²) < 4.78 is 2.36. The predicted molar refractivity (Wildman–Crippen MR) is 71.5 cm³/mol. The summed E-state index contributed by atoms with van der Waals surface area (Å²) in [4.78, 5) is 1.14. The Balaban J connectivity index is 2.22. The highest BCUT2D eigenvalue weighted by atomic mass is 79.9. The zero-order chi connectivity index (χ0) is 11.1.